The summed E-state index contributed by atoms with van der Waals surface area (Å²) in [6, 6.07) is 12.5. The Bertz CT molecular complexity index is 789. The average Bonchev–Trinajstić information content (AvgIpc) is 2.93. The minimum Gasteiger partial charge on any atom is -0.490 e. The van der Waals surface area contributed by atoms with Crippen molar-refractivity contribution in [3.8, 4) is 23.1 Å². The number of hydrogen-bond acceptors (Lipinski definition) is 4. The Hall–Kier alpha value is -2.09. The Kier molecular flexibility index (Phi) is 4.13. The molecule has 2 aliphatic rings. The van der Waals surface area contributed by atoms with Gasteiger partial charge in [-0.25, -0.2) is 0 Å². The molecule has 122 valence electrons. The largest absolute Gasteiger partial charge is 0.490 e. The van der Waals surface area contributed by atoms with Crippen molar-refractivity contribution in [1.82, 2.24) is 10.3 Å². The maximum atomic E-state index is 9.33. The van der Waals surface area contributed by atoms with Gasteiger partial charge in [-0.3, -0.25) is 4.98 Å². The molecule has 2 aliphatic heterocycles. The fraction of sp³-hybridized carbons (Fsp3) is 0.368. The number of pyridine rings is 1. The second-order valence-electron chi connectivity index (χ2n) is 6.54. The van der Waals surface area contributed by atoms with Gasteiger partial charge in [-0.15, -0.1) is 0 Å². The van der Waals surface area contributed by atoms with Crippen molar-refractivity contribution in [3.63, 3.8) is 0 Å². The number of halogens is 1. The van der Waals surface area contributed by atoms with Crippen LogP contribution < -0.4 is 10.1 Å². The number of rotatable bonds is 3. The molecule has 2 fully saturated rings. The highest BCUT2D eigenvalue weighted by atomic mass is 35.5. The van der Waals surface area contributed by atoms with E-state index in [0.29, 0.717) is 28.4 Å². The second-order valence-corrected chi connectivity index (χ2v) is 6.95. The van der Waals surface area contributed by atoms with E-state index < -0.39 is 0 Å². The smallest absolute Gasteiger partial charge is 0.121 e. The van der Waals surface area contributed by atoms with E-state index in [0.717, 1.165) is 24.2 Å². The van der Waals surface area contributed by atoms with E-state index in [1.54, 1.807) is 30.5 Å². The molecule has 0 saturated carbocycles. The minimum absolute atomic E-state index is 0.199. The van der Waals surface area contributed by atoms with Crippen LogP contribution in [0.4, 0.5) is 0 Å². The quantitative estimate of drug-likeness (QED) is 0.920. The molecule has 1 aromatic heterocycles. The molecule has 0 aliphatic carbocycles. The maximum absolute atomic E-state index is 9.33. The van der Waals surface area contributed by atoms with Crippen molar-refractivity contribution >= 4 is 11.6 Å². The van der Waals surface area contributed by atoms with Gasteiger partial charge in [0.1, 0.15) is 11.9 Å². The molecule has 3 atom stereocenters. The van der Waals surface area contributed by atoms with E-state index in [1.807, 2.05) is 6.07 Å². The van der Waals surface area contributed by atoms with Crippen molar-refractivity contribution < 1.29 is 4.74 Å². The summed E-state index contributed by atoms with van der Waals surface area (Å²) in [5.41, 5.74) is 2.04. The van der Waals surface area contributed by atoms with E-state index in [4.69, 9.17) is 16.3 Å². The first-order valence-corrected chi connectivity index (χ1v) is 8.68. The summed E-state index contributed by atoms with van der Waals surface area (Å²) in [6.07, 6.45) is 6.41. The van der Waals surface area contributed by atoms with Crippen molar-refractivity contribution in [3.05, 3.63) is 47.1 Å². The van der Waals surface area contributed by atoms with Gasteiger partial charge in [-0.1, -0.05) is 11.6 Å². The van der Waals surface area contributed by atoms with Gasteiger partial charge in [-0.2, -0.15) is 5.26 Å². The third-order valence-corrected chi connectivity index (χ3v) is 5.11. The minimum atomic E-state index is 0.199. The van der Waals surface area contributed by atoms with Crippen molar-refractivity contribution in [2.24, 2.45) is 0 Å². The topological polar surface area (TPSA) is 57.9 Å². The lowest BCUT2D eigenvalue weighted by atomic mass is 10.0. The first-order valence-electron chi connectivity index (χ1n) is 8.30. The normalized spacial score (nSPS) is 25.2. The molecule has 3 heterocycles. The lowest BCUT2D eigenvalue weighted by Gasteiger charge is -2.29. The third-order valence-electron chi connectivity index (χ3n) is 4.80. The fourth-order valence-corrected chi connectivity index (χ4v) is 3.99. The Labute approximate surface area is 146 Å². The molecule has 1 N–H and O–H groups in total. The van der Waals surface area contributed by atoms with Gasteiger partial charge < -0.3 is 10.1 Å². The number of fused-ring (bicyclic) bond motifs is 2. The van der Waals surface area contributed by atoms with Crippen LogP contribution in [0.15, 0.2) is 36.5 Å². The molecule has 4 nitrogen and oxygen atoms in total. The van der Waals surface area contributed by atoms with Gasteiger partial charge in [0.2, 0.25) is 0 Å². The van der Waals surface area contributed by atoms with E-state index in [1.165, 1.54) is 12.8 Å². The number of aromatic nitrogens is 1. The zero-order valence-corrected chi connectivity index (χ0v) is 14.0. The first kappa shape index (κ1) is 15.4. The molecule has 2 saturated heterocycles. The average molecular weight is 340 g/mol. The van der Waals surface area contributed by atoms with E-state index in [-0.39, 0.29) is 6.10 Å². The predicted octanol–water partition coefficient (Wildman–Crippen LogP) is 3.94. The van der Waals surface area contributed by atoms with Crippen LogP contribution >= 0.6 is 11.6 Å². The van der Waals surface area contributed by atoms with Crippen molar-refractivity contribution in [1.29, 1.82) is 5.26 Å². The Morgan fingerprint density at radius 2 is 2.00 bits per heavy atom. The van der Waals surface area contributed by atoms with Crippen LogP contribution in [0.5, 0.6) is 5.75 Å². The molecule has 0 amide bonds. The number of benzene rings is 1. The molecule has 2 bridgehead atoms. The number of nitriles is 1. The van der Waals surface area contributed by atoms with Gasteiger partial charge in [0.05, 0.1) is 22.3 Å². The maximum Gasteiger partial charge on any atom is 0.121 e. The molecule has 5 heteroatoms. The Morgan fingerprint density at radius 3 is 2.71 bits per heavy atom. The molecular formula is C19H18ClN3O. The van der Waals surface area contributed by atoms with Gasteiger partial charge in [-0.05, 0) is 56.0 Å². The van der Waals surface area contributed by atoms with E-state index >= 15 is 0 Å². The van der Waals surface area contributed by atoms with Gasteiger partial charge >= 0.3 is 0 Å². The van der Waals surface area contributed by atoms with E-state index in [2.05, 4.69) is 16.4 Å². The van der Waals surface area contributed by atoms with Crippen molar-refractivity contribution in [2.45, 2.75) is 43.9 Å². The number of nitrogens with one attached hydrogen (secondary N) is 1. The molecule has 2 aromatic rings. The molecule has 0 spiro atoms. The van der Waals surface area contributed by atoms with Gasteiger partial charge in [0.25, 0.3) is 0 Å². The summed E-state index contributed by atoms with van der Waals surface area (Å²) >= 11 is 6.25. The highest BCUT2D eigenvalue weighted by Crippen LogP contribution is 2.33. The SMILES string of the molecule is N#Cc1cc(OC2C[C@H]3CC[C@@H](C2)N3)cc(-c2ncccc2Cl)c1. The number of hydrogen-bond donors (Lipinski definition) is 1. The fourth-order valence-electron chi connectivity index (χ4n) is 3.76. The first-order chi connectivity index (χ1) is 11.7. The van der Waals surface area contributed by atoms with Crippen LogP contribution in [0.25, 0.3) is 11.3 Å². The summed E-state index contributed by atoms with van der Waals surface area (Å²) in [5.74, 6) is 0.720. The standard InChI is InChI=1S/C19H18ClN3O/c20-18-2-1-5-22-19(18)13-6-12(11-21)7-16(8-13)24-17-9-14-3-4-15(10-17)23-14/h1-2,5-8,14-15,17,23H,3-4,9-10H2/t14-,15+,17?. The summed E-state index contributed by atoms with van der Waals surface area (Å²) in [4.78, 5) is 4.34. The Balaban J connectivity index is 1.63. The lowest BCUT2D eigenvalue weighted by Crippen LogP contribution is -2.42. The van der Waals surface area contributed by atoms with Crippen molar-refractivity contribution in [2.75, 3.05) is 0 Å². The van der Waals surface area contributed by atoms with E-state index in [9.17, 15) is 5.26 Å². The van der Waals surface area contributed by atoms with Crippen LogP contribution in [0.1, 0.15) is 31.2 Å². The monoisotopic (exact) mass is 339 g/mol. The zero-order chi connectivity index (χ0) is 16.5. The molecule has 0 radical (unpaired) electrons. The lowest BCUT2D eigenvalue weighted by molar-refractivity contribution is 0.137. The molecule has 1 aromatic carbocycles. The zero-order valence-electron chi connectivity index (χ0n) is 13.2. The summed E-state index contributed by atoms with van der Waals surface area (Å²) in [7, 11) is 0. The molecule has 1 unspecified atom stereocenters. The molecule has 4 rings (SSSR count). The molecular weight excluding hydrogens is 322 g/mol. The Morgan fingerprint density at radius 1 is 1.21 bits per heavy atom. The predicted molar refractivity (Wildman–Crippen MR) is 93.0 cm³/mol. The second kappa shape index (κ2) is 6.43. The summed E-state index contributed by atoms with van der Waals surface area (Å²) in [5, 5.41) is 13.5. The van der Waals surface area contributed by atoms with Crippen LogP contribution in [0.3, 0.4) is 0 Å². The van der Waals surface area contributed by atoms with Crippen LogP contribution in [0, 0.1) is 11.3 Å². The highest BCUT2D eigenvalue weighted by Gasteiger charge is 2.34. The summed E-state index contributed by atoms with van der Waals surface area (Å²) in [6.45, 7) is 0. The van der Waals surface area contributed by atoms with Crippen LogP contribution in [-0.2, 0) is 0 Å². The van der Waals surface area contributed by atoms with Gasteiger partial charge in [0.15, 0.2) is 0 Å². The summed E-state index contributed by atoms with van der Waals surface area (Å²) < 4.78 is 6.22. The number of piperidine rings is 1. The van der Waals surface area contributed by atoms with Crippen LogP contribution in [0.2, 0.25) is 5.02 Å². The van der Waals surface area contributed by atoms with Crippen LogP contribution in [-0.4, -0.2) is 23.2 Å². The third kappa shape index (κ3) is 3.10. The number of ether oxygens (including phenoxy) is 1. The number of nitrogens with zero attached hydrogens (tertiary/aromatic N) is 2. The van der Waals surface area contributed by atoms with Gasteiger partial charge in [0, 0.05) is 23.8 Å². The molecule has 24 heavy (non-hydrogen) atoms. The highest BCUT2D eigenvalue weighted by molar-refractivity contribution is 6.33.